The summed E-state index contributed by atoms with van der Waals surface area (Å²) < 4.78 is 0. The summed E-state index contributed by atoms with van der Waals surface area (Å²) in [6.45, 7) is 1.99. The molecule has 0 unspecified atom stereocenters. The van der Waals surface area contributed by atoms with E-state index in [4.69, 9.17) is 0 Å². The molecule has 0 aliphatic carbocycles. The first-order valence-electron chi connectivity index (χ1n) is 6.46. The van der Waals surface area contributed by atoms with Crippen LogP contribution in [0.1, 0.15) is 5.56 Å². The van der Waals surface area contributed by atoms with Gasteiger partial charge in [-0.05, 0) is 42.8 Å². The number of urea groups is 1. The lowest BCUT2D eigenvalue weighted by molar-refractivity contribution is 0.262. The summed E-state index contributed by atoms with van der Waals surface area (Å²) in [5.41, 5.74) is 3.70. The van der Waals surface area contributed by atoms with Crippen LogP contribution in [0.5, 0.6) is 0 Å². The van der Waals surface area contributed by atoms with E-state index < -0.39 is 0 Å². The molecule has 4 nitrogen and oxygen atoms in total. The van der Waals surface area contributed by atoms with E-state index >= 15 is 0 Å². The summed E-state index contributed by atoms with van der Waals surface area (Å²) in [6.07, 6.45) is 0. The number of carbonyl (C=O) groups excluding carboxylic acids is 1. The van der Waals surface area contributed by atoms with Gasteiger partial charge in [0.25, 0.3) is 0 Å². The van der Waals surface area contributed by atoms with E-state index in [9.17, 15) is 4.79 Å². The van der Waals surface area contributed by atoms with Crippen LogP contribution < -0.4 is 15.5 Å². The maximum absolute atomic E-state index is 11.9. The fourth-order valence-electron chi connectivity index (χ4n) is 1.88. The molecule has 0 saturated carbocycles. The quantitative estimate of drug-likeness (QED) is 0.892. The van der Waals surface area contributed by atoms with Crippen LogP contribution in [0.4, 0.5) is 21.9 Å². The molecule has 4 heteroatoms. The van der Waals surface area contributed by atoms with E-state index in [1.54, 1.807) is 0 Å². The molecule has 0 aliphatic heterocycles. The van der Waals surface area contributed by atoms with E-state index in [0.29, 0.717) is 0 Å². The van der Waals surface area contributed by atoms with E-state index in [0.717, 1.165) is 22.6 Å². The molecule has 2 rings (SSSR count). The number of amides is 2. The van der Waals surface area contributed by atoms with Crippen molar-refractivity contribution < 1.29 is 4.79 Å². The number of rotatable bonds is 3. The molecule has 0 spiro atoms. The van der Waals surface area contributed by atoms with Crippen molar-refractivity contribution in [3.05, 3.63) is 54.1 Å². The molecule has 2 N–H and O–H groups in total. The third-order valence-electron chi connectivity index (χ3n) is 2.90. The van der Waals surface area contributed by atoms with Crippen molar-refractivity contribution in [3.63, 3.8) is 0 Å². The summed E-state index contributed by atoms with van der Waals surface area (Å²) >= 11 is 0. The van der Waals surface area contributed by atoms with Crippen LogP contribution in [-0.4, -0.2) is 20.1 Å². The minimum Gasteiger partial charge on any atom is -0.378 e. The highest BCUT2D eigenvalue weighted by atomic mass is 16.2. The number of nitrogens with zero attached hydrogens (tertiary/aromatic N) is 1. The number of carbonyl (C=O) groups is 1. The highest BCUT2D eigenvalue weighted by Crippen LogP contribution is 2.17. The van der Waals surface area contributed by atoms with E-state index in [2.05, 4.69) is 10.6 Å². The molecule has 104 valence electrons. The van der Waals surface area contributed by atoms with Crippen molar-refractivity contribution >= 4 is 23.1 Å². The molecule has 2 aromatic rings. The van der Waals surface area contributed by atoms with Crippen LogP contribution in [0.25, 0.3) is 0 Å². The normalized spacial score (nSPS) is 9.95. The second-order valence-corrected chi connectivity index (χ2v) is 4.89. The largest absolute Gasteiger partial charge is 0.378 e. The van der Waals surface area contributed by atoms with Gasteiger partial charge in [0.2, 0.25) is 0 Å². The number of aryl methyl sites for hydroxylation is 1. The zero-order valence-electron chi connectivity index (χ0n) is 12.0. The van der Waals surface area contributed by atoms with Crippen molar-refractivity contribution in [2.75, 3.05) is 29.6 Å². The monoisotopic (exact) mass is 269 g/mol. The fraction of sp³-hybridized carbons (Fsp3) is 0.188. The Kier molecular flexibility index (Phi) is 4.25. The van der Waals surface area contributed by atoms with Gasteiger partial charge in [0, 0.05) is 31.2 Å². The predicted octanol–water partition coefficient (Wildman–Crippen LogP) is 3.71. The minimum atomic E-state index is -0.244. The number of anilines is 3. The molecule has 0 bridgehead atoms. The van der Waals surface area contributed by atoms with Gasteiger partial charge in [-0.25, -0.2) is 4.79 Å². The average Bonchev–Trinajstić information content (AvgIpc) is 2.38. The van der Waals surface area contributed by atoms with Crippen molar-refractivity contribution in [2.24, 2.45) is 0 Å². The van der Waals surface area contributed by atoms with Gasteiger partial charge in [-0.15, -0.1) is 0 Å². The van der Waals surface area contributed by atoms with Gasteiger partial charge < -0.3 is 15.5 Å². The summed E-state index contributed by atoms with van der Waals surface area (Å²) in [7, 11) is 3.93. The van der Waals surface area contributed by atoms with Crippen molar-refractivity contribution in [3.8, 4) is 0 Å². The Hall–Kier alpha value is -2.49. The zero-order chi connectivity index (χ0) is 14.5. The van der Waals surface area contributed by atoms with Crippen LogP contribution in [0.3, 0.4) is 0 Å². The summed E-state index contributed by atoms with van der Waals surface area (Å²) in [5.74, 6) is 0. The van der Waals surface area contributed by atoms with Gasteiger partial charge >= 0.3 is 6.03 Å². The lowest BCUT2D eigenvalue weighted by Crippen LogP contribution is -2.19. The van der Waals surface area contributed by atoms with Gasteiger partial charge in [-0.2, -0.15) is 0 Å². The first-order chi connectivity index (χ1) is 9.54. The molecule has 0 radical (unpaired) electrons. The predicted molar refractivity (Wildman–Crippen MR) is 84.6 cm³/mol. The Morgan fingerprint density at radius 1 is 0.950 bits per heavy atom. The topological polar surface area (TPSA) is 44.4 Å². The Labute approximate surface area is 119 Å². The smallest absolute Gasteiger partial charge is 0.323 e. The lowest BCUT2D eigenvalue weighted by atomic mass is 10.2. The molecule has 0 atom stereocenters. The van der Waals surface area contributed by atoms with Gasteiger partial charge in [-0.3, -0.25) is 0 Å². The Bertz CT molecular complexity index is 608. The summed E-state index contributed by atoms with van der Waals surface area (Å²) in [6, 6.07) is 15.1. The van der Waals surface area contributed by atoms with Crippen LogP contribution in [0.2, 0.25) is 0 Å². The maximum Gasteiger partial charge on any atom is 0.323 e. The average molecular weight is 269 g/mol. The van der Waals surface area contributed by atoms with Crippen LogP contribution in [-0.2, 0) is 0 Å². The molecular weight excluding hydrogens is 250 g/mol. The second kappa shape index (κ2) is 6.10. The molecule has 2 aromatic carbocycles. The first-order valence-corrected chi connectivity index (χ1v) is 6.46. The zero-order valence-corrected chi connectivity index (χ0v) is 12.0. The van der Waals surface area contributed by atoms with Crippen LogP contribution >= 0.6 is 0 Å². The molecule has 2 amide bonds. The maximum atomic E-state index is 11.9. The van der Waals surface area contributed by atoms with Gasteiger partial charge in [0.05, 0.1) is 0 Å². The molecule has 0 aromatic heterocycles. The highest BCUT2D eigenvalue weighted by molar-refractivity contribution is 6.00. The third-order valence-corrected chi connectivity index (χ3v) is 2.90. The Morgan fingerprint density at radius 3 is 2.15 bits per heavy atom. The number of nitrogens with one attached hydrogen (secondary N) is 2. The van der Waals surface area contributed by atoms with Crippen molar-refractivity contribution in [1.29, 1.82) is 0 Å². The van der Waals surface area contributed by atoms with Crippen LogP contribution in [0.15, 0.2) is 48.5 Å². The van der Waals surface area contributed by atoms with Crippen molar-refractivity contribution in [1.82, 2.24) is 0 Å². The fourth-order valence-corrected chi connectivity index (χ4v) is 1.88. The standard InChI is InChI=1S/C16H19N3O/c1-12-6-4-7-13(10-12)17-16(20)18-14-8-5-9-15(11-14)19(2)3/h4-11H,1-3H3,(H2,17,18,20). The van der Waals surface area contributed by atoms with Crippen molar-refractivity contribution in [2.45, 2.75) is 6.92 Å². The highest BCUT2D eigenvalue weighted by Gasteiger charge is 2.04. The number of hydrogen-bond donors (Lipinski definition) is 2. The molecular formula is C16H19N3O. The number of hydrogen-bond acceptors (Lipinski definition) is 2. The van der Waals surface area contributed by atoms with Gasteiger partial charge in [0.15, 0.2) is 0 Å². The molecule has 0 heterocycles. The van der Waals surface area contributed by atoms with Gasteiger partial charge in [-0.1, -0.05) is 18.2 Å². The van der Waals surface area contributed by atoms with Crippen LogP contribution in [0, 0.1) is 6.92 Å². The molecule has 0 aliphatic rings. The Balaban J connectivity index is 2.03. The molecule has 0 fully saturated rings. The third kappa shape index (κ3) is 3.75. The van der Waals surface area contributed by atoms with Gasteiger partial charge in [0.1, 0.15) is 0 Å². The number of benzene rings is 2. The summed E-state index contributed by atoms with van der Waals surface area (Å²) in [5, 5.41) is 5.64. The first kappa shape index (κ1) is 13.9. The molecule has 0 saturated heterocycles. The van der Waals surface area contributed by atoms with E-state index in [1.165, 1.54) is 0 Å². The SMILES string of the molecule is Cc1cccc(NC(=O)Nc2cccc(N(C)C)c2)c1. The Morgan fingerprint density at radius 2 is 1.55 bits per heavy atom. The summed E-state index contributed by atoms with van der Waals surface area (Å²) in [4.78, 5) is 13.9. The van der Waals surface area contributed by atoms with E-state index in [1.807, 2.05) is 74.4 Å². The van der Waals surface area contributed by atoms with E-state index in [-0.39, 0.29) is 6.03 Å². The minimum absolute atomic E-state index is 0.244. The molecule has 20 heavy (non-hydrogen) atoms. The second-order valence-electron chi connectivity index (χ2n) is 4.89. The lowest BCUT2D eigenvalue weighted by Gasteiger charge is -2.14.